The van der Waals surface area contributed by atoms with Crippen LogP contribution in [0.25, 0.3) is 11.6 Å². The number of ether oxygens (including phenoxy) is 1. The number of fused-ring (bicyclic) bond motifs is 5. The van der Waals surface area contributed by atoms with Crippen molar-refractivity contribution < 1.29 is 40.6 Å². The number of pyridine rings is 1. The first-order chi connectivity index (χ1) is 13.8. The molecule has 2 atom stereocenters. The van der Waals surface area contributed by atoms with Crippen molar-refractivity contribution in [3.05, 3.63) is 17.5 Å². The molecule has 0 radical (unpaired) electrons. The fourth-order valence-electron chi connectivity index (χ4n) is 3.06. The number of aromatic nitrogens is 3. The van der Waals surface area contributed by atoms with Gasteiger partial charge in [0.1, 0.15) is 5.56 Å². The standard InChI is InChI=1S/C17H18F6N4O3/c1-8-3-2-5-15(28,17(21,22)23)14-27-26-13(30-14)11-10(24)7-9(16(18,19)20)12(25-11)29-6-4-8/h7-8,28H,2-6,24H2,1H3. The third-order valence-corrected chi connectivity index (χ3v) is 4.86. The lowest BCUT2D eigenvalue weighted by Gasteiger charge is -2.27. The van der Waals surface area contributed by atoms with Gasteiger partial charge in [-0.1, -0.05) is 13.3 Å². The lowest BCUT2D eigenvalue weighted by Crippen LogP contribution is -2.42. The van der Waals surface area contributed by atoms with Gasteiger partial charge in [-0.15, -0.1) is 10.2 Å². The highest BCUT2D eigenvalue weighted by Crippen LogP contribution is 2.44. The summed E-state index contributed by atoms with van der Waals surface area (Å²) in [4.78, 5) is 3.68. The van der Waals surface area contributed by atoms with E-state index in [0.717, 1.165) is 0 Å². The molecule has 0 aromatic carbocycles. The van der Waals surface area contributed by atoms with E-state index in [1.807, 2.05) is 0 Å². The Kier molecular flexibility index (Phi) is 5.60. The van der Waals surface area contributed by atoms with Gasteiger partial charge in [0.05, 0.1) is 12.3 Å². The molecule has 3 heterocycles. The van der Waals surface area contributed by atoms with Crippen LogP contribution in [0.5, 0.6) is 5.88 Å². The zero-order valence-corrected chi connectivity index (χ0v) is 15.6. The summed E-state index contributed by atoms with van der Waals surface area (Å²) in [7, 11) is 0. The molecule has 7 nitrogen and oxygen atoms in total. The maximum atomic E-state index is 13.6. The van der Waals surface area contributed by atoms with Gasteiger partial charge in [-0.25, -0.2) is 4.98 Å². The average Bonchev–Trinajstić information content (AvgIpc) is 3.10. The largest absolute Gasteiger partial charge is 0.477 e. The third kappa shape index (κ3) is 4.16. The Bertz CT molecular complexity index is 914. The summed E-state index contributed by atoms with van der Waals surface area (Å²) >= 11 is 0. The molecule has 0 saturated carbocycles. The first-order valence-electron chi connectivity index (χ1n) is 8.97. The van der Waals surface area contributed by atoms with Crippen LogP contribution < -0.4 is 10.5 Å². The van der Waals surface area contributed by atoms with E-state index in [4.69, 9.17) is 14.9 Å². The van der Waals surface area contributed by atoms with Crippen LogP contribution in [-0.4, -0.2) is 33.1 Å². The molecule has 13 heteroatoms. The Morgan fingerprint density at radius 2 is 1.87 bits per heavy atom. The zero-order chi connectivity index (χ0) is 22.3. The minimum Gasteiger partial charge on any atom is -0.477 e. The molecule has 166 valence electrons. The lowest BCUT2D eigenvalue weighted by molar-refractivity contribution is -0.277. The minimum absolute atomic E-state index is 0.0472. The van der Waals surface area contributed by atoms with Gasteiger partial charge in [-0.2, -0.15) is 26.3 Å². The smallest absolute Gasteiger partial charge is 0.426 e. The van der Waals surface area contributed by atoms with E-state index in [2.05, 4.69) is 15.2 Å². The average molecular weight is 440 g/mol. The number of alkyl halides is 6. The van der Waals surface area contributed by atoms with Crippen LogP contribution in [0.3, 0.4) is 0 Å². The molecule has 30 heavy (non-hydrogen) atoms. The summed E-state index contributed by atoms with van der Waals surface area (Å²) < 4.78 is 90.9. The Labute approximate surface area is 166 Å². The molecule has 0 spiro atoms. The van der Waals surface area contributed by atoms with Crippen LogP contribution in [0.4, 0.5) is 32.0 Å². The van der Waals surface area contributed by atoms with Crippen molar-refractivity contribution in [2.45, 2.75) is 50.6 Å². The molecule has 0 fully saturated rings. The molecule has 2 aromatic rings. The molecule has 0 amide bonds. The second kappa shape index (κ2) is 7.60. The van der Waals surface area contributed by atoms with Crippen LogP contribution in [0.2, 0.25) is 0 Å². The number of nitrogen functional groups attached to an aromatic ring is 1. The molecule has 0 saturated heterocycles. The number of aliphatic hydroxyl groups is 1. The van der Waals surface area contributed by atoms with E-state index in [-0.39, 0.29) is 31.8 Å². The molecule has 3 rings (SSSR count). The summed E-state index contributed by atoms with van der Waals surface area (Å²) in [6.45, 7) is 1.55. The normalized spacial score (nSPS) is 23.5. The van der Waals surface area contributed by atoms with Gasteiger partial charge >= 0.3 is 12.4 Å². The number of hydrogen-bond acceptors (Lipinski definition) is 7. The highest BCUT2D eigenvalue weighted by molar-refractivity contribution is 5.68. The van der Waals surface area contributed by atoms with Gasteiger partial charge in [-0.3, -0.25) is 0 Å². The number of hydrogen-bond donors (Lipinski definition) is 2. The highest BCUT2D eigenvalue weighted by Gasteiger charge is 2.58. The quantitative estimate of drug-likeness (QED) is 0.595. The molecule has 0 aliphatic carbocycles. The fourth-order valence-corrected chi connectivity index (χ4v) is 3.06. The second-order valence-electron chi connectivity index (χ2n) is 7.18. The Hall–Kier alpha value is -2.57. The Morgan fingerprint density at radius 3 is 2.50 bits per heavy atom. The van der Waals surface area contributed by atoms with Gasteiger partial charge in [0.15, 0.2) is 5.69 Å². The molecule has 1 aliphatic rings. The SMILES string of the molecule is CC1CCCC(O)(C(F)(F)F)c2nnc(o2)-c2nc(c(C(F)(F)F)cc2N)OCC1. The lowest BCUT2D eigenvalue weighted by atomic mass is 9.92. The molecular formula is C17H18F6N4O3. The van der Waals surface area contributed by atoms with Gasteiger partial charge in [0.2, 0.25) is 11.5 Å². The molecule has 2 aromatic heterocycles. The molecule has 1 aliphatic heterocycles. The number of nitrogens with two attached hydrogens (primary N) is 1. The maximum Gasteiger partial charge on any atom is 0.426 e. The van der Waals surface area contributed by atoms with Crippen molar-refractivity contribution in [2.24, 2.45) is 5.92 Å². The molecule has 2 unspecified atom stereocenters. The third-order valence-electron chi connectivity index (χ3n) is 4.86. The molecule has 4 bridgehead atoms. The number of rotatable bonds is 0. The van der Waals surface area contributed by atoms with E-state index in [1.165, 1.54) is 0 Å². The van der Waals surface area contributed by atoms with Crippen LogP contribution >= 0.6 is 0 Å². The monoisotopic (exact) mass is 440 g/mol. The van der Waals surface area contributed by atoms with Crippen LogP contribution in [0.15, 0.2) is 10.5 Å². The van der Waals surface area contributed by atoms with E-state index in [1.54, 1.807) is 6.92 Å². The van der Waals surface area contributed by atoms with Crippen molar-refractivity contribution in [1.82, 2.24) is 15.2 Å². The van der Waals surface area contributed by atoms with Crippen molar-refractivity contribution >= 4 is 5.69 Å². The predicted molar refractivity (Wildman–Crippen MR) is 90.0 cm³/mol. The minimum atomic E-state index is -5.12. The van der Waals surface area contributed by atoms with E-state index >= 15 is 0 Å². The Balaban J connectivity index is 2.16. The fraction of sp³-hybridized carbons (Fsp3) is 0.588. The van der Waals surface area contributed by atoms with E-state index in [0.29, 0.717) is 6.07 Å². The van der Waals surface area contributed by atoms with E-state index in [9.17, 15) is 31.4 Å². The summed E-state index contributed by atoms with van der Waals surface area (Å²) in [5, 5.41) is 17.0. The van der Waals surface area contributed by atoms with Crippen LogP contribution in [-0.2, 0) is 11.8 Å². The summed E-state index contributed by atoms with van der Waals surface area (Å²) in [6.07, 6.45) is -10.2. The highest BCUT2D eigenvalue weighted by atomic mass is 19.4. The number of halogens is 6. The molecule has 3 N–H and O–H groups in total. The van der Waals surface area contributed by atoms with Gasteiger partial charge in [0.25, 0.3) is 11.8 Å². The maximum absolute atomic E-state index is 13.6. The Morgan fingerprint density at radius 1 is 1.17 bits per heavy atom. The van der Waals surface area contributed by atoms with Crippen molar-refractivity contribution in [3.8, 4) is 17.5 Å². The second-order valence-corrected chi connectivity index (χ2v) is 7.18. The van der Waals surface area contributed by atoms with Crippen molar-refractivity contribution in [1.29, 1.82) is 0 Å². The van der Waals surface area contributed by atoms with Gasteiger partial charge in [0, 0.05) is 0 Å². The number of nitrogens with zero attached hydrogens (tertiary/aromatic N) is 3. The van der Waals surface area contributed by atoms with Crippen molar-refractivity contribution in [2.75, 3.05) is 12.3 Å². The van der Waals surface area contributed by atoms with Crippen LogP contribution in [0, 0.1) is 5.92 Å². The zero-order valence-electron chi connectivity index (χ0n) is 15.6. The van der Waals surface area contributed by atoms with E-state index < -0.39 is 59.0 Å². The summed E-state index contributed by atoms with van der Waals surface area (Å²) in [6, 6.07) is 0.535. The van der Waals surface area contributed by atoms with Crippen molar-refractivity contribution in [3.63, 3.8) is 0 Å². The van der Waals surface area contributed by atoms with Gasteiger partial charge < -0.3 is 20.0 Å². The molecular weight excluding hydrogens is 422 g/mol. The number of anilines is 1. The first-order valence-corrected chi connectivity index (χ1v) is 8.97. The summed E-state index contributed by atoms with van der Waals surface area (Å²) in [5.74, 6) is -2.81. The topological polar surface area (TPSA) is 107 Å². The first kappa shape index (κ1) is 22.1. The summed E-state index contributed by atoms with van der Waals surface area (Å²) in [5.41, 5.74) is -0.0772. The van der Waals surface area contributed by atoms with Crippen LogP contribution in [0.1, 0.15) is 44.1 Å². The predicted octanol–water partition coefficient (Wildman–Crippen LogP) is 4.07. The van der Waals surface area contributed by atoms with Gasteiger partial charge in [-0.05, 0) is 31.2 Å².